The van der Waals surface area contributed by atoms with Crippen LogP contribution in [0.1, 0.15) is 25.8 Å². The van der Waals surface area contributed by atoms with Gasteiger partial charge >= 0.3 is 0 Å². The molecule has 2 aromatic carbocycles. The molecule has 0 bridgehead atoms. The number of ether oxygens (including phenoxy) is 2. The Balaban J connectivity index is 1.81. The number of rotatable bonds is 12. The number of halogens is 2. The summed E-state index contributed by atoms with van der Waals surface area (Å²) < 4.78 is 53.9. The van der Waals surface area contributed by atoms with E-state index in [1.165, 1.54) is 36.4 Å². The number of benzene rings is 2. The highest BCUT2D eigenvalue weighted by Crippen LogP contribution is 2.27. The fraction of sp³-hybridized carbons (Fsp3) is 0.480. The number of primary amides is 1. The van der Waals surface area contributed by atoms with Crippen LogP contribution >= 0.6 is 11.6 Å². The average Bonchev–Trinajstić information content (AvgIpc) is 2.83. The molecule has 1 aliphatic heterocycles. The van der Waals surface area contributed by atoms with E-state index in [0.717, 1.165) is 17.4 Å². The van der Waals surface area contributed by atoms with Gasteiger partial charge in [0.05, 0.1) is 18.1 Å². The maximum atomic E-state index is 14.9. The zero-order chi connectivity index (χ0) is 26.3. The van der Waals surface area contributed by atoms with Crippen molar-refractivity contribution in [3.8, 4) is 5.75 Å². The van der Waals surface area contributed by atoms with Crippen LogP contribution in [0.5, 0.6) is 5.75 Å². The van der Waals surface area contributed by atoms with Crippen LogP contribution < -0.4 is 10.5 Å². The third-order valence-corrected chi connectivity index (χ3v) is 8.02. The van der Waals surface area contributed by atoms with Crippen LogP contribution in [0, 0.1) is 11.7 Å². The first-order valence-electron chi connectivity index (χ1n) is 11.9. The fourth-order valence-corrected chi connectivity index (χ4v) is 5.70. The van der Waals surface area contributed by atoms with Gasteiger partial charge in [-0.15, -0.1) is 0 Å². The number of carbonyl (C=O) groups is 1. The van der Waals surface area contributed by atoms with Gasteiger partial charge in [0.25, 0.3) is 0 Å². The molecule has 1 atom stereocenters. The van der Waals surface area contributed by atoms with E-state index in [0.29, 0.717) is 37.0 Å². The van der Waals surface area contributed by atoms with Crippen molar-refractivity contribution in [2.24, 2.45) is 11.7 Å². The van der Waals surface area contributed by atoms with Gasteiger partial charge in [0.15, 0.2) is 11.6 Å². The Bertz CT molecular complexity index is 1130. The number of carbonyl (C=O) groups excluding carboxylic acids is 1. The lowest BCUT2D eigenvalue weighted by atomic mass is 10.0. The molecule has 8 nitrogen and oxygen atoms in total. The van der Waals surface area contributed by atoms with Gasteiger partial charge in [0.2, 0.25) is 15.9 Å². The molecule has 1 aliphatic rings. The monoisotopic (exact) mass is 541 g/mol. The largest absolute Gasteiger partial charge is 0.489 e. The number of nitrogens with two attached hydrogens (primary N) is 1. The highest BCUT2D eigenvalue weighted by atomic mass is 35.5. The van der Waals surface area contributed by atoms with Crippen molar-refractivity contribution in [2.75, 3.05) is 39.5 Å². The summed E-state index contributed by atoms with van der Waals surface area (Å²) in [6.45, 7) is 7.40. The topological polar surface area (TPSA) is 102 Å². The maximum absolute atomic E-state index is 14.9. The molecule has 36 heavy (non-hydrogen) atoms. The molecule has 2 N–H and O–H groups in total. The molecule has 3 rings (SSSR count). The van der Waals surface area contributed by atoms with Crippen molar-refractivity contribution in [2.45, 2.75) is 37.8 Å². The molecule has 1 amide bonds. The summed E-state index contributed by atoms with van der Waals surface area (Å²) in [5, 5.41) is 0.375. The second-order valence-electron chi connectivity index (χ2n) is 9.12. The first-order chi connectivity index (χ1) is 17.1. The molecule has 0 spiro atoms. The van der Waals surface area contributed by atoms with Crippen LogP contribution in [0.15, 0.2) is 47.4 Å². The second-order valence-corrected chi connectivity index (χ2v) is 11.4. The van der Waals surface area contributed by atoms with Crippen molar-refractivity contribution in [3.63, 3.8) is 0 Å². The summed E-state index contributed by atoms with van der Waals surface area (Å²) in [5.41, 5.74) is 6.00. The quantitative estimate of drug-likeness (QED) is 0.442. The predicted molar refractivity (Wildman–Crippen MR) is 136 cm³/mol. The molecule has 1 fully saturated rings. The minimum absolute atomic E-state index is 0.00982. The van der Waals surface area contributed by atoms with E-state index in [4.69, 9.17) is 26.8 Å². The van der Waals surface area contributed by atoms with Gasteiger partial charge in [-0.1, -0.05) is 31.5 Å². The van der Waals surface area contributed by atoms with E-state index < -0.39 is 27.8 Å². The zero-order valence-corrected chi connectivity index (χ0v) is 22.1. The van der Waals surface area contributed by atoms with Gasteiger partial charge in [-0.3, -0.25) is 9.69 Å². The molecule has 11 heteroatoms. The van der Waals surface area contributed by atoms with Gasteiger partial charge in [-0.2, -0.15) is 4.31 Å². The Morgan fingerprint density at radius 2 is 1.86 bits per heavy atom. The van der Waals surface area contributed by atoms with Crippen LogP contribution in [0.4, 0.5) is 4.39 Å². The van der Waals surface area contributed by atoms with Crippen LogP contribution in [0.25, 0.3) is 0 Å². The Morgan fingerprint density at radius 3 is 2.44 bits per heavy atom. The number of hydrogen-bond donors (Lipinski definition) is 1. The Kier molecular flexibility index (Phi) is 10.1. The van der Waals surface area contributed by atoms with Gasteiger partial charge < -0.3 is 15.2 Å². The summed E-state index contributed by atoms with van der Waals surface area (Å²) in [6.07, 6.45) is 0.216. The van der Waals surface area contributed by atoms with Gasteiger partial charge in [-0.25, -0.2) is 12.8 Å². The number of amides is 1. The molecule has 0 aliphatic carbocycles. The lowest BCUT2D eigenvalue weighted by Gasteiger charge is -2.30. The van der Waals surface area contributed by atoms with Crippen LogP contribution in [-0.2, 0) is 26.1 Å². The number of nitrogens with zero attached hydrogens (tertiary/aromatic N) is 2. The summed E-state index contributed by atoms with van der Waals surface area (Å²) >= 11 is 5.92. The van der Waals surface area contributed by atoms with Crippen molar-refractivity contribution < 1.29 is 27.1 Å². The number of sulfonamides is 1. The molecular weight excluding hydrogens is 509 g/mol. The van der Waals surface area contributed by atoms with Crippen molar-refractivity contribution >= 4 is 27.5 Å². The fourth-order valence-electron chi connectivity index (χ4n) is 3.98. The lowest BCUT2D eigenvalue weighted by molar-refractivity contribution is -0.122. The highest BCUT2D eigenvalue weighted by molar-refractivity contribution is 7.89. The number of hydrogen-bond acceptors (Lipinski definition) is 6. The lowest BCUT2D eigenvalue weighted by Crippen LogP contribution is -2.48. The first-order valence-corrected chi connectivity index (χ1v) is 13.7. The minimum Gasteiger partial charge on any atom is -0.489 e. The molecule has 0 saturated carbocycles. The van der Waals surface area contributed by atoms with Crippen LogP contribution in [-0.4, -0.2) is 69.0 Å². The molecular formula is C25H33ClFN3O5S. The van der Waals surface area contributed by atoms with Crippen molar-refractivity contribution in [3.05, 3.63) is 58.9 Å². The Labute approximate surface area is 217 Å². The standard InChI is InChI=1S/C25H33ClFN3O5S/c1-18(2)15-23(25(28)31)30(36(32,33)21-6-4-20(26)5-7-21)17-19-3-8-24(22(27)16-19)35-14-11-29-9-12-34-13-10-29/h3-8,16,18,23H,9-15,17H2,1-2H3,(H2,28,31)/t23-/m0/s1. The molecule has 198 valence electrons. The predicted octanol–water partition coefficient (Wildman–Crippen LogP) is 3.28. The van der Waals surface area contributed by atoms with Crippen molar-refractivity contribution in [1.82, 2.24) is 9.21 Å². The smallest absolute Gasteiger partial charge is 0.244 e. The molecule has 0 radical (unpaired) electrons. The summed E-state index contributed by atoms with van der Waals surface area (Å²) in [6, 6.07) is 8.81. The third kappa shape index (κ3) is 7.63. The van der Waals surface area contributed by atoms with Crippen molar-refractivity contribution in [1.29, 1.82) is 0 Å². The maximum Gasteiger partial charge on any atom is 0.244 e. The van der Waals surface area contributed by atoms with E-state index >= 15 is 0 Å². The zero-order valence-electron chi connectivity index (χ0n) is 20.5. The highest BCUT2D eigenvalue weighted by Gasteiger charge is 2.35. The third-order valence-electron chi connectivity index (χ3n) is 5.89. The van der Waals surface area contributed by atoms with E-state index in [-0.39, 0.29) is 29.5 Å². The molecule has 1 saturated heterocycles. The summed E-state index contributed by atoms with van der Waals surface area (Å²) in [5.74, 6) is -1.32. The summed E-state index contributed by atoms with van der Waals surface area (Å²) in [7, 11) is -4.15. The molecule has 0 unspecified atom stereocenters. The van der Waals surface area contributed by atoms with E-state index in [9.17, 15) is 17.6 Å². The van der Waals surface area contributed by atoms with Gasteiger partial charge in [0.1, 0.15) is 12.6 Å². The molecule has 1 heterocycles. The van der Waals surface area contributed by atoms with E-state index in [1.807, 2.05) is 13.8 Å². The normalized spacial score (nSPS) is 15.8. The van der Waals surface area contributed by atoms with E-state index in [1.54, 1.807) is 6.07 Å². The van der Waals surface area contributed by atoms with Gasteiger partial charge in [-0.05, 0) is 54.3 Å². The Hall–Kier alpha value is -2.24. The Morgan fingerprint density at radius 1 is 1.19 bits per heavy atom. The average molecular weight is 542 g/mol. The van der Waals surface area contributed by atoms with Crippen LogP contribution in [0.3, 0.4) is 0 Å². The number of morpholine rings is 1. The molecule has 2 aromatic rings. The van der Waals surface area contributed by atoms with Gasteiger partial charge in [0, 0.05) is 31.2 Å². The second kappa shape index (κ2) is 12.8. The SMILES string of the molecule is CC(C)C[C@@H](C(N)=O)N(Cc1ccc(OCCN2CCOCC2)c(F)c1)S(=O)(=O)c1ccc(Cl)cc1. The van der Waals surface area contributed by atoms with Crippen LogP contribution in [0.2, 0.25) is 5.02 Å². The van der Waals surface area contributed by atoms with E-state index in [2.05, 4.69) is 4.90 Å². The summed E-state index contributed by atoms with van der Waals surface area (Å²) in [4.78, 5) is 14.5. The molecule has 0 aromatic heterocycles. The minimum atomic E-state index is -4.15. The first kappa shape index (κ1) is 28.3.